The summed E-state index contributed by atoms with van der Waals surface area (Å²) in [6.45, 7) is 2.12. The topological polar surface area (TPSA) is 58.1 Å². The van der Waals surface area contributed by atoms with Crippen molar-refractivity contribution in [1.29, 1.82) is 0 Å². The predicted octanol–water partition coefficient (Wildman–Crippen LogP) is 3.34. The number of anilines is 1. The van der Waals surface area contributed by atoms with Gasteiger partial charge in [0.05, 0.1) is 24.2 Å². The highest BCUT2D eigenvalue weighted by molar-refractivity contribution is 5.78. The van der Waals surface area contributed by atoms with Crippen LogP contribution in [0.15, 0.2) is 36.5 Å². The van der Waals surface area contributed by atoms with Crippen molar-refractivity contribution in [3.63, 3.8) is 0 Å². The smallest absolute Gasteiger partial charge is 0.350 e. The summed E-state index contributed by atoms with van der Waals surface area (Å²) in [7, 11) is 0. The Labute approximate surface area is 155 Å². The Balaban J connectivity index is 1.53. The standard InChI is InChI=1S/C19H21F3N4O/c20-19(21,22)15-6-4-14(5-7-15)12-17(27)24-13-16-8-9-23-18(25-16)26-10-2-1-3-11-26/h4-9H,1-3,10-13H2,(H,24,27). The van der Waals surface area contributed by atoms with Crippen LogP contribution in [0, 0.1) is 0 Å². The molecule has 1 aromatic heterocycles. The number of nitrogens with one attached hydrogen (secondary N) is 1. The van der Waals surface area contributed by atoms with E-state index in [1.54, 1.807) is 12.3 Å². The van der Waals surface area contributed by atoms with E-state index in [1.165, 1.54) is 18.6 Å². The van der Waals surface area contributed by atoms with Crippen LogP contribution in [0.4, 0.5) is 19.1 Å². The maximum Gasteiger partial charge on any atom is 0.416 e. The molecule has 2 heterocycles. The number of alkyl halides is 3. The van der Waals surface area contributed by atoms with Crippen molar-refractivity contribution in [3.8, 4) is 0 Å². The van der Waals surface area contributed by atoms with Gasteiger partial charge in [-0.15, -0.1) is 0 Å². The highest BCUT2D eigenvalue weighted by atomic mass is 19.4. The van der Waals surface area contributed by atoms with Crippen LogP contribution in [0.1, 0.15) is 36.1 Å². The lowest BCUT2D eigenvalue weighted by atomic mass is 10.1. The van der Waals surface area contributed by atoms with E-state index in [-0.39, 0.29) is 18.9 Å². The molecule has 1 amide bonds. The molecule has 1 N–H and O–H groups in total. The Kier molecular flexibility index (Phi) is 5.93. The quantitative estimate of drug-likeness (QED) is 0.867. The fourth-order valence-electron chi connectivity index (χ4n) is 2.98. The van der Waals surface area contributed by atoms with E-state index in [1.807, 2.05) is 0 Å². The van der Waals surface area contributed by atoms with Gasteiger partial charge in [0.15, 0.2) is 0 Å². The third-order valence-electron chi connectivity index (χ3n) is 4.45. The second kappa shape index (κ2) is 8.37. The molecule has 144 valence electrons. The van der Waals surface area contributed by atoms with Gasteiger partial charge >= 0.3 is 6.18 Å². The van der Waals surface area contributed by atoms with E-state index in [0.717, 1.165) is 38.1 Å². The molecule has 27 heavy (non-hydrogen) atoms. The van der Waals surface area contributed by atoms with Gasteiger partial charge in [-0.1, -0.05) is 12.1 Å². The first-order valence-electron chi connectivity index (χ1n) is 8.91. The van der Waals surface area contributed by atoms with Crippen molar-refractivity contribution in [2.75, 3.05) is 18.0 Å². The first-order chi connectivity index (χ1) is 12.9. The number of piperidine rings is 1. The summed E-state index contributed by atoms with van der Waals surface area (Å²) in [5.74, 6) is 0.400. The summed E-state index contributed by atoms with van der Waals surface area (Å²) in [5, 5.41) is 2.75. The van der Waals surface area contributed by atoms with Gasteiger partial charge in [-0.3, -0.25) is 4.79 Å². The van der Waals surface area contributed by atoms with Gasteiger partial charge in [0, 0.05) is 19.3 Å². The molecule has 8 heteroatoms. The first kappa shape index (κ1) is 19.1. The molecule has 0 radical (unpaired) electrons. The number of carbonyl (C=O) groups is 1. The number of carbonyl (C=O) groups excluding carboxylic acids is 1. The number of rotatable bonds is 5. The summed E-state index contributed by atoms with van der Waals surface area (Å²) in [6, 6.07) is 6.35. The van der Waals surface area contributed by atoms with Crippen LogP contribution >= 0.6 is 0 Å². The minimum Gasteiger partial charge on any atom is -0.350 e. The van der Waals surface area contributed by atoms with Crippen LogP contribution in [-0.4, -0.2) is 29.0 Å². The highest BCUT2D eigenvalue weighted by Gasteiger charge is 2.29. The third kappa shape index (κ3) is 5.42. The van der Waals surface area contributed by atoms with Crippen molar-refractivity contribution in [2.45, 2.75) is 38.4 Å². The van der Waals surface area contributed by atoms with E-state index >= 15 is 0 Å². The highest BCUT2D eigenvalue weighted by Crippen LogP contribution is 2.29. The molecule has 1 aliphatic heterocycles. The third-order valence-corrected chi connectivity index (χ3v) is 4.45. The molecule has 1 aromatic carbocycles. The molecule has 0 atom stereocenters. The molecule has 3 rings (SSSR count). The van der Waals surface area contributed by atoms with Crippen LogP contribution in [0.25, 0.3) is 0 Å². The van der Waals surface area contributed by atoms with Gasteiger partial charge < -0.3 is 10.2 Å². The van der Waals surface area contributed by atoms with Crippen LogP contribution < -0.4 is 10.2 Å². The number of amides is 1. The minimum atomic E-state index is -4.38. The maximum absolute atomic E-state index is 12.6. The summed E-state index contributed by atoms with van der Waals surface area (Å²) in [5.41, 5.74) is 0.501. The fraction of sp³-hybridized carbons (Fsp3) is 0.421. The minimum absolute atomic E-state index is 0.0161. The number of benzene rings is 1. The number of aromatic nitrogens is 2. The van der Waals surface area contributed by atoms with Crippen molar-refractivity contribution >= 4 is 11.9 Å². The molecule has 0 saturated carbocycles. The number of halogens is 3. The molecule has 0 spiro atoms. The Morgan fingerprint density at radius 1 is 1.07 bits per heavy atom. The van der Waals surface area contributed by atoms with Gasteiger partial charge in [0.2, 0.25) is 11.9 Å². The maximum atomic E-state index is 12.6. The fourth-order valence-corrected chi connectivity index (χ4v) is 2.98. The van der Waals surface area contributed by atoms with Crippen molar-refractivity contribution in [2.24, 2.45) is 0 Å². The summed E-state index contributed by atoms with van der Waals surface area (Å²) >= 11 is 0. The molecule has 1 aliphatic rings. The summed E-state index contributed by atoms with van der Waals surface area (Å²) in [4.78, 5) is 23.0. The van der Waals surface area contributed by atoms with Gasteiger partial charge in [-0.25, -0.2) is 9.97 Å². The number of hydrogen-bond acceptors (Lipinski definition) is 4. The number of nitrogens with zero attached hydrogens (tertiary/aromatic N) is 3. The Morgan fingerprint density at radius 3 is 2.44 bits per heavy atom. The Morgan fingerprint density at radius 2 is 1.78 bits per heavy atom. The second-order valence-corrected chi connectivity index (χ2v) is 6.54. The van der Waals surface area contributed by atoms with Crippen LogP contribution in [0.3, 0.4) is 0 Å². The first-order valence-corrected chi connectivity index (χ1v) is 8.91. The average Bonchev–Trinajstić information content (AvgIpc) is 2.67. The molecular weight excluding hydrogens is 357 g/mol. The van der Waals surface area contributed by atoms with Gasteiger partial charge in [-0.2, -0.15) is 13.2 Å². The number of hydrogen-bond donors (Lipinski definition) is 1. The lowest BCUT2D eigenvalue weighted by Gasteiger charge is -2.26. The zero-order valence-electron chi connectivity index (χ0n) is 14.8. The monoisotopic (exact) mass is 378 g/mol. The molecule has 2 aromatic rings. The van der Waals surface area contributed by atoms with Crippen molar-refractivity contribution in [1.82, 2.24) is 15.3 Å². The summed E-state index contributed by atoms with van der Waals surface area (Å²) < 4.78 is 37.7. The van der Waals surface area contributed by atoms with E-state index in [2.05, 4.69) is 20.2 Å². The molecule has 0 unspecified atom stereocenters. The SMILES string of the molecule is O=C(Cc1ccc(C(F)(F)F)cc1)NCc1ccnc(N2CCCCC2)n1. The lowest BCUT2D eigenvalue weighted by Crippen LogP contribution is -2.31. The van der Waals surface area contributed by atoms with Crippen LogP contribution in [0.5, 0.6) is 0 Å². The molecule has 5 nitrogen and oxygen atoms in total. The molecule has 0 bridgehead atoms. The zero-order chi connectivity index (χ0) is 19.3. The molecule has 1 fully saturated rings. The van der Waals surface area contributed by atoms with Crippen LogP contribution in [-0.2, 0) is 23.9 Å². The Bertz CT molecular complexity index is 771. The van der Waals surface area contributed by atoms with E-state index in [9.17, 15) is 18.0 Å². The predicted molar refractivity (Wildman–Crippen MR) is 95.1 cm³/mol. The van der Waals surface area contributed by atoms with Gasteiger partial charge in [0.1, 0.15) is 0 Å². The molecule has 1 saturated heterocycles. The van der Waals surface area contributed by atoms with Gasteiger partial charge in [0.25, 0.3) is 0 Å². The van der Waals surface area contributed by atoms with E-state index in [4.69, 9.17) is 0 Å². The Hall–Kier alpha value is -2.64. The van der Waals surface area contributed by atoms with Gasteiger partial charge in [-0.05, 0) is 43.0 Å². The van der Waals surface area contributed by atoms with Crippen LogP contribution in [0.2, 0.25) is 0 Å². The van der Waals surface area contributed by atoms with Crippen molar-refractivity contribution in [3.05, 3.63) is 53.3 Å². The largest absolute Gasteiger partial charge is 0.416 e. The summed E-state index contributed by atoms with van der Waals surface area (Å²) in [6.07, 6.45) is 0.779. The second-order valence-electron chi connectivity index (χ2n) is 6.54. The van der Waals surface area contributed by atoms with Crippen molar-refractivity contribution < 1.29 is 18.0 Å². The van der Waals surface area contributed by atoms with E-state index in [0.29, 0.717) is 17.2 Å². The van der Waals surface area contributed by atoms with E-state index < -0.39 is 11.7 Å². The molecular formula is C19H21F3N4O. The lowest BCUT2D eigenvalue weighted by molar-refractivity contribution is -0.137. The normalized spacial score (nSPS) is 14.9. The molecule has 0 aliphatic carbocycles. The average molecular weight is 378 g/mol. The zero-order valence-corrected chi connectivity index (χ0v) is 14.8.